The van der Waals surface area contributed by atoms with Crippen molar-refractivity contribution in [1.82, 2.24) is 9.62 Å². The van der Waals surface area contributed by atoms with Crippen LogP contribution in [0.3, 0.4) is 0 Å². The minimum absolute atomic E-state index is 0.136. The molecule has 34 heavy (non-hydrogen) atoms. The molecule has 0 aromatic heterocycles. The fourth-order valence-electron chi connectivity index (χ4n) is 4.45. The lowest BCUT2D eigenvalue weighted by molar-refractivity contribution is -0.126. The van der Waals surface area contributed by atoms with Gasteiger partial charge in [-0.15, -0.1) is 0 Å². The Hall–Kier alpha value is -3.16. The van der Waals surface area contributed by atoms with E-state index in [0.29, 0.717) is 25.1 Å². The molecule has 1 amide bonds. The number of amides is 1. The Morgan fingerprint density at radius 1 is 1.00 bits per heavy atom. The van der Waals surface area contributed by atoms with E-state index in [9.17, 15) is 13.2 Å². The van der Waals surface area contributed by atoms with Gasteiger partial charge in [-0.1, -0.05) is 60.7 Å². The van der Waals surface area contributed by atoms with Crippen molar-refractivity contribution in [3.05, 3.63) is 95.6 Å². The van der Waals surface area contributed by atoms with Gasteiger partial charge in [-0.3, -0.25) is 4.79 Å². The third-order valence-electron chi connectivity index (χ3n) is 6.31. The molecule has 6 nitrogen and oxygen atoms in total. The number of nitrogens with one attached hydrogen (secondary N) is 1. The first-order chi connectivity index (χ1) is 16.4. The Morgan fingerprint density at radius 3 is 2.18 bits per heavy atom. The van der Waals surface area contributed by atoms with Crippen LogP contribution in [0.25, 0.3) is 0 Å². The van der Waals surface area contributed by atoms with Crippen LogP contribution in [0, 0.1) is 12.8 Å². The molecule has 1 saturated heterocycles. The molecular formula is C27H30N2O4S. The third-order valence-corrected chi connectivity index (χ3v) is 8.17. The highest BCUT2D eigenvalue weighted by molar-refractivity contribution is 7.89. The normalized spacial score (nSPS) is 16.9. The molecule has 0 saturated carbocycles. The molecule has 178 valence electrons. The number of hydrogen-bond acceptors (Lipinski definition) is 4. The van der Waals surface area contributed by atoms with Crippen LogP contribution in [0.2, 0.25) is 0 Å². The highest BCUT2D eigenvalue weighted by atomic mass is 32.2. The molecule has 1 N–H and O–H groups in total. The topological polar surface area (TPSA) is 75.7 Å². The van der Waals surface area contributed by atoms with Gasteiger partial charge in [0, 0.05) is 13.1 Å². The highest BCUT2D eigenvalue weighted by Gasteiger charge is 2.34. The molecular weight excluding hydrogens is 448 g/mol. The first kappa shape index (κ1) is 24.0. The maximum Gasteiger partial charge on any atom is 0.243 e. The van der Waals surface area contributed by atoms with E-state index in [4.69, 9.17) is 4.74 Å². The van der Waals surface area contributed by atoms with E-state index >= 15 is 0 Å². The quantitative estimate of drug-likeness (QED) is 0.549. The molecule has 1 atom stereocenters. The first-order valence-corrected chi connectivity index (χ1v) is 12.9. The average Bonchev–Trinajstić information content (AvgIpc) is 2.88. The molecule has 1 fully saturated rings. The molecule has 0 unspecified atom stereocenters. The predicted octanol–water partition coefficient (Wildman–Crippen LogP) is 4.31. The van der Waals surface area contributed by atoms with Gasteiger partial charge in [-0.05, 0) is 54.7 Å². The van der Waals surface area contributed by atoms with Crippen LogP contribution in [0.15, 0.2) is 83.8 Å². The molecule has 0 radical (unpaired) electrons. The van der Waals surface area contributed by atoms with Gasteiger partial charge >= 0.3 is 0 Å². The zero-order valence-corrected chi connectivity index (χ0v) is 20.3. The number of piperidine rings is 1. The summed E-state index contributed by atoms with van der Waals surface area (Å²) in [5.74, 6) is 0.0871. The van der Waals surface area contributed by atoms with E-state index in [1.54, 1.807) is 25.3 Å². The van der Waals surface area contributed by atoms with Gasteiger partial charge in [0.05, 0.1) is 24.0 Å². The number of hydrogen-bond donors (Lipinski definition) is 1. The molecule has 1 aliphatic heterocycles. The number of sulfonamides is 1. The highest BCUT2D eigenvalue weighted by Crippen LogP contribution is 2.28. The molecule has 4 rings (SSSR count). The van der Waals surface area contributed by atoms with Gasteiger partial charge in [0.2, 0.25) is 15.9 Å². The minimum Gasteiger partial charge on any atom is -0.496 e. The summed E-state index contributed by atoms with van der Waals surface area (Å²) in [7, 11) is -2.15. The van der Waals surface area contributed by atoms with E-state index in [-0.39, 0.29) is 23.4 Å². The van der Waals surface area contributed by atoms with Crippen LogP contribution in [0.5, 0.6) is 5.75 Å². The number of ether oxygens (including phenoxy) is 1. The Kier molecular flexibility index (Phi) is 7.34. The Balaban J connectivity index is 1.53. The molecule has 3 aromatic carbocycles. The van der Waals surface area contributed by atoms with Crippen LogP contribution < -0.4 is 10.1 Å². The van der Waals surface area contributed by atoms with Gasteiger partial charge in [-0.2, -0.15) is 4.31 Å². The van der Waals surface area contributed by atoms with Gasteiger partial charge in [0.15, 0.2) is 0 Å². The molecule has 3 aromatic rings. The summed E-state index contributed by atoms with van der Waals surface area (Å²) in [6, 6.07) is 24.2. The summed E-state index contributed by atoms with van der Waals surface area (Å²) in [6.45, 7) is 2.38. The van der Waals surface area contributed by atoms with Gasteiger partial charge in [-0.25, -0.2) is 8.42 Å². The summed E-state index contributed by atoms with van der Waals surface area (Å²) in [5.41, 5.74) is 2.72. The number of carbonyl (C=O) groups is 1. The van der Waals surface area contributed by atoms with Crippen molar-refractivity contribution in [2.24, 2.45) is 5.92 Å². The second kappa shape index (κ2) is 10.4. The Labute approximate surface area is 201 Å². The summed E-state index contributed by atoms with van der Waals surface area (Å²) in [5, 5.41) is 3.18. The molecule has 1 heterocycles. The lowest BCUT2D eigenvalue weighted by atomic mass is 9.95. The van der Waals surface area contributed by atoms with Crippen molar-refractivity contribution >= 4 is 15.9 Å². The predicted molar refractivity (Wildman–Crippen MR) is 132 cm³/mol. The number of carbonyl (C=O) groups excluding carboxylic acids is 1. The van der Waals surface area contributed by atoms with Crippen LogP contribution in [-0.2, 0) is 14.8 Å². The summed E-state index contributed by atoms with van der Waals surface area (Å²) in [6.07, 6.45) is 1.28. The van der Waals surface area contributed by atoms with Crippen LogP contribution >= 0.6 is 0 Å². The van der Waals surface area contributed by atoms with E-state index in [2.05, 4.69) is 5.32 Å². The maximum absolute atomic E-state index is 13.4. The van der Waals surface area contributed by atoms with E-state index < -0.39 is 15.9 Å². The molecule has 0 aliphatic carbocycles. The number of aryl methyl sites for hydroxylation is 1. The van der Waals surface area contributed by atoms with Crippen molar-refractivity contribution in [2.75, 3.05) is 20.2 Å². The number of rotatable bonds is 7. The Morgan fingerprint density at radius 2 is 1.62 bits per heavy atom. The molecule has 1 aliphatic rings. The zero-order valence-electron chi connectivity index (χ0n) is 19.5. The summed E-state index contributed by atoms with van der Waals surface area (Å²) in [4.78, 5) is 13.6. The second-order valence-electron chi connectivity index (χ2n) is 8.60. The van der Waals surface area contributed by atoms with Crippen molar-refractivity contribution in [3.8, 4) is 5.75 Å². The van der Waals surface area contributed by atoms with Crippen molar-refractivity contribution in [3.63, 3.8) is 0 Å². The Bertz CT molecular complexity index is 1190. The summed E-state index contributed by atoms with van der Waals surface area (Å²) < 4.78 is 33.3. The maximum atomic E-state index is 13.4. The largest absolute Gasteiger partial charge is 0.496 e. The minimum atomic E-state index is -3.71. The smallest absolute Gasteiger partial charge is 0.243 e. The van der Waals surface area contributed by atoms with Crippen molar-refractivity contribution < 1.29 is 17.9 Å². The summed E-state index contributed by atoms with van der Waals surface area (Å²) >= 11 is 0. The van der Waals surface area contributed by atoms with Crippen molar-refractivity contribution in [1.29, 1.82) is 0 Å². The lowest BCUT2D eigenvalue weighted by Gasteiger charge is -2.32. The number of benzene rings is 3. The lowest BCUT2D eigenvalue weighted by Crippen LogP contribution is -2.46. The van der Waals surface area contributed by atoms with Crippen LogP contribution in [0.4, 0.5) is 0 Å². The molecule has 0 spiro atoms. The monoisotopic (exact) mass is 478 g/mol. The van der Waals surface area contributed by atoms with E-state index in [0.717, 1.165) is 16.7 Å². The third kappa shape index (κ3) is 5.16. The standard InChI is InChI=1S/C27H30N2O4S/c1-20-18-24(15-16-25(20)33-2)34(31,32)29-17-9-14-23(19-29)27(30)28-26(21-10-5-3-6-11-21)22-12-7-4-8-13-22/h3-8,10-13,15-16,18,23,26H,9,14,17,19H2,1-2H3,(H,28,30)/t23-/m1/s1. The van der Waals surface area contributed by atoms with Gasteiger partial charge in [0.1, 0.15) is 5.75 Å². The molecule has 7 heteroatoms. The van der Waals surface area contributed by atoms with Gasteiger partial charge in [0.25, 0.3) is 0 Å². The SMILES string of the molecule is COc1ccc(S(=O)(=O)N2CCC[C@@H](C(=O)NC(c3ccccc3)c3ccccc3)C2)cc1C. The van der Waals surface area contributed by atoms with E-state index in [1.165, 1.54) is 4.31 Å². The zero-order chi connectivity index (χ0) is 24.1. The second-order valence-corrected chi connectivity index (χ2v) is 10.5. The molecule has 0 bridgehead atoms. The van der Waals surface area contributed by atoms with E-state index in [1.807, 2.05) is 67.6 Å². The fourth-order valence-corrected chi connectivity index (χ4v) is 6.05. The van der Waals surface area contributed by atoms with Crippen LogP contribution in [-0.4, -0.2) is 38.8 Å². The first-order valence-electron chi connectivity index (χ1n) is 11.4. The average molecular weight is 479 g/mol. The number of methoxy groups -OCH3 is 1. The van der Waals surface area contributed by atoms with Crippen LogP contribution in [0.1, 0.15) is 35.6 Å². The van der Waals surface area contributed by atoms with Crippen molar-refractivity contribution in [2.45, 2.75) is 30.7 Å². The van der Waals surface area contributed by atoms with Gasteiger partial charge < -0.3 is 10.1 Å². The fraction of sp³-hybridized carbons (Fsp3) is 0.296. The number of nitrogens with zero attached hydrogens (tertiary/aromatic N) is 1.